The van der Waals surface area contributed by atoms with Crippen molar-refractivity contribution in [2.45, 2.75) is 12.8 Å². The number of hydrogen-bond donors (Lipinski definition) is 0. The molecule has 0 aliphatic carbocycles. The van der Waals surface area contributed by atoms with E-state index in [9.17, 15) is 9.18 Å². The molecule has 0 unspecified atom stereocenters. The van der Waals surface area contributed by atoms with Crippen molar-refractivity contribution in [2.75, 3.05) is 25.7 Å². The number of rotatable bonds is 5. The lowest BCUT2D eigenvalue weighted by atomic mass is 10.1. The van der Waals surface area contributed by atoms with Gasteiger partial charge in [0, 0.05) is 42.4 Å². The van der Waals surface area contributed by atoms with Crippen LogP contribution in [-0.4, -0.2) is 31.7 Å². The summed E-state index contributed by atoms with van der Waals surface area (Å²) < 4.78 is 31.1. The van der Waals surface area contributed by atoms with E-state index < -0.39 is 5.82 Å². The van der Waals surface area contributed by atoms with Gasteiger partial charge < -0.3 is 19.1 Å². The van der Waals surface area contributed by atoms with E-state index in [-0.39, 0.29) is 11.7 Å². The molecule has 0 saturated carbocycles. The zero-order valence-electron chi connectivity index (χ0n) is 15.6. The van der Waals surface area contributed by atoms with Crippen LogP contribution in [-0.2, 0) is 4.79 Å². The summed E-state index contributed by atoms with van der Waals surface area (Å²) in [6, 6.07) is 9.68. The van der Waals surface area contributed by atoms with Gasteiger partial charge in [0.2, 0.25) is 5.91 Å². The maximum Gasteiger partial charge on any atom is 0.227 e. The number of amides is 1. The molecule has 2 aromatic carbocycles. The maximum absolute atomic E-state index is 14.7. The Bertz CT molecular complexity index is 1050. The molecule has 3 aromatic rings. The van der Waals surface area contributed by atoms with E-state index in [0.29, 0.717) is 46.8 Å². The monoisotopic (exact) mass is 382 g/mol. The maximum atomic E-state index is 14.7. The van der Waals surface area contributed by atoms with E-state index in [1.54, 1.807) is 49.6 Å². The third-order valence-corrected chi connectivity index (χ3v) is 4.73. The molecule has 144 valence electrons. The minimum atomic E-state index is -0.539. The highest BCUT2D eigenvalue weighted by Gasteiger charge is 2.23. The summed E-state index contributed by atoms with van der Waals surface area (Å²) in [5.74, 6) is 1.05. The Morgan fingerprint density at radius 1 is 1.00 bits per heavy atom. The van der Waals surface area contributed by atoms with Crippen LogP contribution in [0.15, 0.2) is 42.6 Å². The van der Waals surface area contributed by atoms with Crippen molar-refractivity contribution in [1.82, 2.24) is 4.98 Å². The highest BCUT2D eigenvalue weighted by atomic mass is 19.1. The second-order valence-corrected chi connectivity index (χ2v) is 6.40. The number of hydrogen-bond acceptors (Lipinski definition) is 5. The quantitative estimate of drug-likeness (QED) is 0.658. The Hall–Kier alpha value is -3.35. The average Bonchev–Trinajstić information content (AvgIpc) is 3.14. The standard InChI is InChI=1S/C21H19FN2O4/c1-26-19-11-14-16(12-20(19)27-2)23-8-7-17(14)28-18-6-5-13(10-15(18)22)24-9-3-4-21(24)25/h5-8,10-12H,3-4,9H2,1-2H3. The Kier molecular flexibility index (Phi) is 4.73. The van der Waals surface area contributed by atoms with E-state index in [1.807, 2.05) is 0 Å². The first-order chi connectivity index (χ1) is 13.6. The average molecular weight is 382 g/mol. The number of anilines is 1. The Labute approximate surface area is 161 Å². The van der Waals surface area contributed by atoms with Gasteiger partial charge in [0.1, 0.15) is 5.75 Å². The molecule has 1 aliphatic heterocycles. The minimum Gasteiger partial charge on any atom is -0.493 e. The zero-order chi connectivity index (χ0) is 19.7. The molecule has 1 aromatic heterocycles. The van der Waals surface area contributed by atoms with Crippen LogP contribution >= 0.6 is 0 Å². The summed E-state index contributed by atoms with van der Waals surface area (Å²) in [6.07, 6.45) is 2.86. The molecule has 28 heavy (non-hydrogen) atoms. The Morgan fingerprint density at radius 2 is 1.79 bits per heavy atom. The fraction of sp³-hybridized carbons (Fsp3) is 0.238. The van der Waals surface area contributed by atoms with E-state index in [4.69, 9.17) is 14.2 Å². The largest absolute Gasteiger partial charge is 0.493 e. The van der Waals surface area contributed by atoms with Crippen LogP contribution in [0.1, 0.15) is 12.8 Å². The first kappa shape index (κ1) is 18.0. The normalized spacial score (nSPS) is 13.8. The number of nitrogens with zero attached hydrogens (tertiary/aromatic N) is 2. The molecule has 1 amide bonds. The number of carbonyl (C=O) groups is 1. The molecule has 0 radical (unpaired) electrons. The van der Waals surface area contributed by atoms with Crippen LogP contribution in [0.2, 0.25) is 0 Å². The number of fused-ring (bicyclic) bond motifs is 1. The number of ether oxygens (including phenoxy) is 3. The summed E-state index contributed by atoms with van der Waals surface area (Å²) in [7, 11) is 3.09. The summed E-state index contributed by atoms with van der Waals surface area (Å²) in [4.78, 5) is 17.8. The molecule has 1 fully saturated rings. The summed E-state index contributed by atoms with van der Waals surface area (Å²) >= 11 is 0. The third kappa shape index (κ3) is 3.19. The van der Waals surface area contributed by atoms with E-state index >= 15 is 0 Å². The molecule has 0 spiro atoms. The molecule has 4 rings (SSSR count). The van der Waals surface area contributed by atoms with Gasteiger partial charge in [-0.3, -0.25) is 9.78 Å². The molecular weight excluding hydrogens is 363 g/mol. The Morgan fingerprint density at radius 3 is 2.46 bits per heavy atom. The van der Waals surface area contributed by atoms with Gasteiger partial charge in [0.25, 0.3) is 0 Å². The van der Waals surface area contributed by atoms with Crippen molar-refractivity contribution in [3.63, 3.8) is 0 Å². The number of benzene rings is 2. The third-order valence-electron chi connectivity index (χ3n) is 4.73. The van der Waals surface area contributed by atoms with Crippen LogP contribution in [0.5, 0.6) is 23.0 Å². The van der Waals surface area contributed by atoms with Crippen molar-refractivity contribution in [2.24, 2.45) is 0 Å². The van der Waals surface area contributed by atoms with Crippen molar-refractivity contribution in [3.8, 4) is 23.0 Å². The molecule has 1 saturated heterocycles. The van der Waals surface area contributed by atoms with Gasteiger partial charge in [-0.2, -0.15) is 0 Å². The van der Waals surface area contributed by atoms with E-state index in [1.165, 1.54) is 12.1 Å². The molecule has 0 bridgehead atoms. The lowest BCUT2D eigenvalue weighted by Gasteiger charge is -2.17. The van der Waals surface area contributed by atoms with Gasteiger partial charge in [-0.05, 0) is 30.7 Å². The fourth-order valence-electron chi connectivity index (χ4n) is 3.32. The SMILES string of the molecule is COc1cc2nccc(Oc3ccc(N4CCCC4=O)cc3F)c2cc1OC. The van der Waals surface area contributed by atoms with Gasteiger partial charge in [0.15, 0.2) is 23.1 Å². The first-order valence-corrected chi connectivity index (χ1v) is 8.89. The zero-order valence-corrected chi connectivity index (χ0v) is 15.6. The van der Waals surface area contributed by atoms with Crippen molar-refractivity contribution in [1.29, 1.82) is 0 Å². The molecule has 7 heteroatoms. The van der Waals surface area contributed by atoms with E-state index in [2.05, 4.69) is 4.98 Å². The highest BCUT2D eigenvalue weighted by Crippen LogP contribution is 2.38. The summed E-state index contributed by atoms with van der Waals surface area (Å²) in [5, 5.41) is 0.665. The van der Waals surface area contributed by atoms with Gasteiger partial charge in [-0.25, -0.2) is 4.39 Å². The highest BCUT2D eigenvalue weighted by molar-refractivity contribution is 5.95. The molecular formula is C21H19FN2O4. The van der Waals surface area contributed by atoms with Crippen LogP contribution in [0.3, 0.4) is 0 Å². The predicted octanol–water partition coefficient (Wildman–Crippen LogP) is 4.31. The molecule has 0 atom stereocenters. The van der Waals surface area contributed by atoms with Crippen molar-refractivity contribution >= 4 is 22.5 Å². The van der Waals surface area contributed by atoms with Gasteiger partial charge in [0.05, 0.1) is 19.7 Å². The number of pyridine rings is 1. The summed E-state index contributed by atoms with van der Waals surface area (Å²) in [6.45, 7) is 0.606. The number of aromatic nitrogens is 1. The van der Waals surface area contributed by atoms with Crippen molar-refractivity contribution < 1.29 is 23.4 Å². The molecule has 0 N–H and O–H groups in total. The van der Waals surface area contributed by atoms with Gasteiger partial charge in [-0.15, -0.1) is 0 Å². The lowest BCUT2D eigenvalue weighted by molar-refractivity contribution is -0.117. The number of carbonyl (C=O) groups excluding carboxylic acids is 1. The fourth-order valence-corrected chi connectivity index (χ4v) is 3.32. The number of halogens is 1. The van der Waals surface area contributed by atoms with E-state index in [0.717, 1.165) is 6.42 Å². The molecule has 1 aliphatic rings. The lowest BCUT2D eigenvalue weighted by Crippen LogP contribution is -2.23. The van der Waals surface area contributed by atoms with Crippen LogP contribution in [0.25, 0.3) is 10.9 Å². The van der Waals surface area contributed by atoms with Gasteiger partial charge in [-0.1, -0.05) is 0 Å². The van der Waals surface area contributed by atoms with Crippen LogP contribution in [0, 0.1) is 5.82 Å². The molecule has 2 heterocycles. The smallest absolute Gasteiger partial charge is 0.227 e. The first-order valence-electron chi connectivity index (χ1n) is 8.89. The predicted molar refractivity (Wildman–Crippen MR) is 103 cm³/mol. The second kappa shape index (κ2) is 7.34. The van der Waals surface area contributed by atoms with Crippen LogP contribution in [0.4, 0.5) is 10.1 Å². The minimum absolute atomic E-state index is 0.00855. The summed E-state index contributed by atoms with van der Waals surface area (Å²) in [5.41, 5.74) is 1.17. The Balaban J connectivity index is 1.69. The molecule has 6 nitrogen and oxygen atoms in total. The van der Waals surface area contributed by atoms with Crippen molar-refractivity contribution in [3.05, 3.63) is 48.4 Å². The topological polar surface area (TPSA) is 60.9 Å². The van der Waals surface area contributed by atoms with Gasteiger partial charge >= 0.3 is 0 Å². The van der Waals surface area contributed by atoms with Crippen LogP contribution < -0.4 is 19.1 Å². The second-order valence-electron chi connectivity index (χ2n) is 6.40. The number of methoxy groups -OCH3 is 2.